The van der Waals surface area contributed by atoms with Crippen molar-refractivity contribution in [3.63, 3.8) is 0 Å². The first-order valence-corrected chi connectivity index (χ1v) is 6.62. The highest BCUT2D eigenvalue weighted by molar-refractivity contribution is 5.99. The van der Waals surface area contributed by atoms with E-state index in [0.717, 1.165) is 22.3 Å². The Kier molecular flexibility index (Phi) is 3.03. The normalized spacial score (nSPS) is 10.7. The molecule has 3 rings (SSSR count). The van der Waals surface area contributed by atoms with E-state index in [9.17, 15) is 0 Å². The number of pyridine rings is 1. The molecule has 20 heavy (non-hydrogen) atoms. The monoisotopic (exact) mass is 263 g/mol. The number of aryl methyl sites for hydroxylation is 2. The minimum atomic E-state index is 0.701. The topological polar surface area (TPSA) is 50.9 Å². The highest BCUT2D eigenvalue weighted by atomic mass is 14.9. The number of aromatic nitrogens is 1. The lowest BCUT2D eigenvalue weighted by Crippen LogP contribution is -1.96. The van der Waals surface area contributed by atoms with Crippen LogP contribution < -0.4 is 11.1 Å². The van der Waals surface area contributed by atoms with Gasteiger partial charge in [-0.25, -0.2) is 0 Å². The summed E-state index contributed by atoms with van der Waals surface area (Å²) in [5.41, 5.74) is 12.1. The maximum Gasteiger partial charge on any atom is 0.0951 e. The van der Waals surface area contributed by atoms with Crippen LogP contribution in [-0.2, 0) is 0 Å². The first kappa shape index (κ1) is 12.5. The summed E-state index contributed by atoms with van der Waals surface area (Å²) in [7, 11) is 0. The zero-order chi connectivity index (χ0) is 14.1. The molecule has 100 valence electrons. The van der Waals surface area contributed by atoms with Crippen LogP contribution in [0.3, 0.4) is 0 Å². The third-order valence-electron chi connectivity index (χ3n) is 3.30. The lowest BCUT2D eigenvalue weighted by Gasteiger charge is -2.12. The first-order chi connectivity index (χ1) is 9.63. The van der Waals surface area contributed by atoms with Gasteiger partial charge < -0.3 is 11.1 Å². The molecule has 1 aromatic heterocycles. The van der Waals surface area contributed by atoms with E-state index in [4.69, 9.17) is 5.73 Å². The zero-order valence-electron chi connectivity index (χ0n) is 11.6. The molecule has 0 bridgehead atoms. The minimum Gasteiger partial charge on any atom is -0.397 e. The Balaban J connectivity index is 2.09. The van der Waals surface area contributed by atoms with Crippen LogP contribution in [0.2, 0.25) is 0 Å². The minimum absolute atomic E-state index is 0.701. The predicted molar refractivity (Wildman–Crippen MR) is 85.4 cm³/mol. The van der Waals surface area contributed by atoms with Crippen LogP contribution in [-0.4, -0.2) is 4.98 Å². The number of anilines is 3. The summed E-state index contributed by atoms with van der Waals surface area (Å²) in [4.78, 5) is 4.35. The second-order valence-electron chi connectivity index (χ2n) is 5.10. The van der Waals surface area contributed by atoms with Gasteiger partial charge in [-0.05, 0) is 61.4 Å². The van der Waals surface area contributed by atoms with Crippen molar-refractivity contribution in [3.8, 4) is 0 Å². The molecule has 3 N–H and O–H groups in total. The van der Waals surface area contributed by atoms with E-state index >= 15 is 0 Å². The Morgan fingerprint density at radius 2 is 1.75 bits per heavy atom. The lowest BCUT2D eigenvalue weighted by molar-refractivity contribution is 1.37. The van der Waals surface area contributed by atoms with E-state index in [1.165, 1.54) is 11.1 Å². The Labute approximate surface area is 118 Å². The molecule has 0 fully saturated rings. The van der Waals surface area contributed by atoms with Crippen molar-refractivity contribution in [1.29, 1.82) is 0 Å². The summed E-state index contributed by atoms with van der Waals surface area (Å²) in [5, 5.41) is 4.49. The highest BCUT2D eigenvalue weighted by Crippen LogP contribution is 2.29. The average molecular weight is 263 g/mol. The molecule has 2 aromatic carbocycles. The molecular weight excluding hydrogens is 246 g/mol. The molecule has 0 aliphatic heterocycles. The van der Waals surface area contributed by atoms with Gasteiger partial charge in [0.25, 0.3) is 0 Å². The number of benzene rings is 2. The van der Waals surface area contributed by atoms with Crippen LogP contribution >= 0.6 is 0 Å². The van der Waals surface area contributed by atoms with Gasteiger partial charge in [0.1, 0.15) is 0 Å². The number of hydrogen-bond donors (Lipinski definition) is 2. The molecule has 0 radical (unpaired) electrons. The van der Waals surface area contributed by atoms with Crippen LogP contribution in [0.4, 0.5) is 17.1 Å². The van der Waals surface area contributed by atoms with Crippen molar-refractivity contribution in [1.82, 2.24) is 4.98 Å². The van der Waals surface area contributed by atoms with Gasteiger partial charge in [0.15, 0.2) is 0 Å². The molecule has 0 unspecified atom stereocenters. The Bertz CT molecular complexity index is 758. The lowest BCUT2D eigenvalue weighted by atomic mass is 10.1. The van der Waals surface area contributed by atoms with Crippen LogP contribution in [0, 0.1) is 13.8 Å². The summed E-state index contributed by atoms with van der Waals surface area (Å²) in [6.07, 6.45) is 1.76. The van der Waals surface area contributed by atoms with Crippen molar-refractivity contribution in [3.05, 3.63) is 59.8 Å². The predicted octanol–water partition coefficient (Wildman–Crippen LogP) is 4.18. The molecule has 0 saturated carbocycles. The quantitative estimate of drug-likeness (QED) is 0.682. The van der Waals surface area contributed by atoms with Gasteiger partial charge >= 0.3 is 0 Å². The molecule has 3 aromatic rings. The second-order valence-corrected chi connectivity index (χ2v) is 5.10. The van der Waals surface area contributed by atoms with Crippen LogP contribution in [0.25, 0.3) is 10.9 Å². The van der Waals surface area contributed by atoms with Crippen molar-refractivity contribution in [2.75, 3.05) is 11.1 Å². The van der Waals surface area contributed by atoms with E-state index < -0.39 is 0 Å². The molecule has 0 amide bonds. The van der Waals surface area contributed by atoms with E-state index in [-0.39, 0.29) is 0 Å². The van der Waals surface area contributed by atoms with Crippen LogP contribution in [0.1, 0.15) is 11.1 Å². The largest absolute Gasteiger partial charge is 0.397 e. The number of nitrogens with zero attached hydrogens (tertiary/aromatic N) is 1. The summed E-state index contributed by atoms with van der Waals surface area (Å²) in [6.45, 7) is 4.20. The van der Waals surface area contributed by atoms with Gasteiger partial charge in [0.2, 0.25) is 0 Å². The summed E-state index contributed by atoms with van der Waals surface area (Å²) in [6, 6.07) is 14.3. The van der Waals surface area contributed by atoms with Crippen molar-refractivity contribution < 1.29 is 0 Å². The van der Waals surface area contributed by atoms with Gasteiger partial charge in [0, 0.05) is 23.0 Å². The summed E-state index contributed by atoms with van der Waals surface area (Å²) >= 11 is 0. The maximum absolute atomic E-state index is 5.98. The third kappa shape index (κ3) is 2.30. The fraction of sp³-hybridized carbons (Fsp3) is 0.118. The Morgan fingerprint density at radius 1 is 1.00 bits per heavy atom. The van der Waals surface area contributed by atoms with Gasteiger partial charge in [-0.1, -0.05) is 6.07 Å². The van der Waals surface area contributed by atoms with Gasteiger partial charge in [-0.3, -0.25) is 4.98 Å². The first-order valence-electron chi connectivity index (χ1n) is 6.62. The standard InChI is InChI=1S/C17H17N3/c1-11-8-12(2)10-13(9-11)20-16-6-5-15(18)17-14(16)4-3-7-19-17/h3-10,20H,18H2,1-2H3. The molecule has 3 nitrogen and oxygen atoms in total. The van der Waals surface area contributed by atoms with Crippen LogP contribution in [0.15, 0.2) is 48.7 Å². The van der Waals surface area contributed by atoms with Gasteiger partial charge in [0.05, 0.1) is 11.2 Å². The van der Waals surface area contributed by atoms with Crippen molar-refractivity contribution in [2.24, 2.45) is 0 Å². The maximum atomic E-state index is 5.98. The fourth-order valence-electron chi connectivity index (χ4n) is 2.51. The molecule has 0 spiro atoms. The number of nitrogens with one attached hydrogen (secondary N) is 1. The molecule has 3 heteroatoms. The second kappa shape index (κ2) is 4.85. The number of nitrogens with two attached hydrogens (primary N) is 1. The van der Waals surface area contributed by atoms with E-state index in [1.807, 2.05) is 24.3 Å². The molecular formula is C17H17N3. The molecule has 0 aliphatic rings. The van der Waals surface area contributed by atoms with Gasteiger partial charge in [-0.15, -0.1) is 0 Å². The van der Waals surface area contributed by atoms with E-state index in [2.05, 4.69) is 42.3 Å². The average Bonchev–Trinajstić information content (AvgIpc) is 2.41. The van der Waals surface area contributed by atoms with Crippen molar-refractivity contribution in [2.45, 2.75) is 13.8 Å². The van der Waals surface area contributed by atoms with Crippen molar-refractivity contribution >= 4 is 28.0 Å². The summed E-state index contributed by atoms with van der Waals surface area (Å²) < 4.78 is 0. The van der Waals surface area contributed by atoms with E-state index in [0.29, 0.717) is 5.69 Å². The Morgan fingerprint density at radius 3 is 2.50 bits per heavy atom. The van der Waals surface area contributed by atoms with E-state index in [1.54, 1.807) is 6.20 Å². The Hall–Kier alpha value is -2.55. The zero-order valence-corrected chi connectivity index (χ0v) is 11.6. The number of nitrogen functional groups attached to an aromatic ring is 1. The number of rotatable bonds is 2. The smallest absolute Gasteiger partial charge is 0.0951 e. The molecule has 1 heterocycles. The molecule has 0 aliphatic carbocycles. The van der Waals surface area contributed by atoms with Gasteiger partial charge in [-0.2, -0.15) is 0 Å². The molecule has 0 saturated heterocycles. The highest BCUT2D eigenvalue weighted by Gasteiger charge is 2.05. The molecule has 0 atom stereocenters. The third-order valence-corrected chi connectivity index (χ3v) is 3.30. The SMILES string of the molecule is Cc1cc(C)cc(Nc2ccc(N)c3ncccc23)c1. The fourth-order valence-corrected chi connectivity index (χ4v) is 2.51. The number of hydrogen-bond acceptors (Lipinski definition) is 3. The number of fused-ring (bicyclic) bond motifs is 1. The van der Waals surface area contributed by atoms with Crippen LogP contribution in [0.5, 0.6) is 0 Å². The summed E-state index contributed by atoms with van der Waals surface area (Å²) in [5.74, 6) is 0.